The fourth-order valence-corrected chi connectivity index (χ4v) is 2.98. The van der Waals surface area contributed by atoms with E-state index in [9.17, 15) is 0 Å². The lowest BCUT2D eigenvalue weighted by molar-refractivity contribution is 0.876. The number of aromatic nitrogens is 3. The molecule has 1 N–H and O–H groups in total. The van der Waals surface area contributed by atoms with Gasteiger partial charge in [-0.3, -0.25) is 4.98 Å². The molecular weight excluding hydrogens is 334 g/mol. The number of nitrogens with one attached hydrogen (secondary N) is 1. The summed E-state index contributed by atoms with van der Waals surface area (Å²) < 4.78 is 0. The van der Waals surface area contributed by atoms with Crippen LogP contribution in [-0.4, -0.2) is 15.0 Å². The highest BCUT2D eigenvalue weighted by molar-refractivity contribution is 5.90. The van der Waals surface area contributed by atoms with Gasteiger partial charge in [-0.15, -0.1) is 0 Å². The van der Waals surface area contributed by atoms with E-state index in [4.69, 9.17) is 15.2 Å². The normalized spacial score (nSPS) is 11.7. The molecule has 0 fully saturated rings. The number of rotatable bonds is 4. The Kier molecular flexibility index (Phi) is 4.46. The van der Waals surface area contributed by atoms with Crippen molar-refractivity contribution in [2.45, 2.75) is 13.0 Å². The molecule has 0 saturated heterocycles. The van der Waals surface area contributed by atoms with Gasteiger partial charge in [-0.25, -0.2) is 9.97 Å². The number of anilines is 1. The summed E-state index contributed by atoms with van der Waals surface area (Å²) in [6.45, 7) is 2.06. The average Bonchev–Trinajstić information content (AvgIpc) is 2.74. The maximum Gasteiger partial charge on any atom is 0.162 e. The molecule has 0 aliphatic rings. The van der Waals surface area contributed by atoms with Crippen molar-refractivity contribution in [1.29, 1.82) is 5.26 Å². The van der Waals surface area contributed by atoms with Crippen molar-refractivity contribution in [1.82, 2.24) is 15.0 Å². The highest BCUT2D eigenvalue weighted by Crippen LogP contribution is 2.27. The molecule has 5 heteroatoms. The van der Waals surface area contributed by atoms with Crippen molar-refractivity contribution in [3.63, 3.8) is 0 Å². The molecule has 0 saturated carbocycles. The average molecular weight is 351 g/mol. The second-order valence-corrected chi connectivity index (χ2v) is 6.25. The largest absolute Gasteiger partial charge is 0.363 e. The Balaban J connectivity index is 1.77. The first kappa shape index (κ1) is 16.7. The predicted octanol–water partition coefficient (Wildman–Crippen LogP) is 4.74. The van der Waals surface area contributed by atoms with E-state index in [2.05, 4.69) is 23.3 Å². The lowest BCUT2D eigenvalue weighted by Crippen LogP contribution is -2.09. The SMILES string of the molecule is CC(Nc1nc(-c2ccncc2)nc2ccccc12)c1cccc(C#N)c1. The van der Waals surface area contributed by atoms with Crippen LogP contribution in [0, 0.1) is 11.3 Å². The van der Waals surface area contributed by atoms with E-state index in [1.54, 1.807) is 18.5 Å². The smallest absolute Gasteiger partial charge is 0.162 e. The third-order valence-electron chi connectivity index (χ3n) is 4.41. The molecule has 1 unspecified atom stereocenters. The van der Waals surface area contributed by atoms with E-state index in [1.165, 1.54) is 0 Å². The third kappa shape index (κ3) is 3.46. The molecule has 4 aromatic rings. The summed E-state index contributed by atoms with van der Waals surface area (Å²) in [6.07, 6.45) is 3.47. The number of hydrogen-bond donors (Lipinski definition) is 1. The molecule has 1 atom stereocenters. The number of benzene rings is 2. The van der Waals surface area contributed by atoms with Gasteiger partial charge in [0, 0.05) is 23.3 Å². The molecule has 2 heterocycles. The van der Waals surface area contributed by atoms with Gasteiger partial charge in [-0.1, -0.05) is 24.3 Å². The van der Waals surface area contributed by atoms with Crippen LogP contribution in [0.15, 0.2) is 73.1 Å². The molecule has 0 aliphatic heterocycles. The maximum atomic E-state index is 9.14. The first-order valence-corrected chi connectivity index (χ1v) is 8.68. The fourth-order valence-electron chi connectivity index (χ4n) is 2.98. The minimum atomic E-state index is -0.0121. The summed E-state index contributed by atoms with van der Waals surface area (Å²) in [7, 11) is 0. The zero-order chi connectivity index (χ0) is 18.6. The van der Waals surface area contributed by atoms with Crippen molar-refractivity contribution >= 4 is 16.7 Å². The molecule has 0 bridgehead atoms. The molecule has 0 aliphatic carbocycles. The van der Waals surface area contributed by atoms with Gasteiger partial charge in [0.05, 0.1) is 23.2 Å². The van der Waals surface area contributed by atoms with Crippen LogP contribution in [0.3, 0.4) is 0 Å². The van der Waals surface area contributed by atoms with Crippen LogP contribution < -0.4 is 5.32 Å². The molecule has 5 nitrogen and oxygen atoms in total. The number of nitriles is 1. The topological polar surface area (TPSA) is 74.5 Å². The molecule has 4 rings (SSSR count). The quantitative estimate of drug-likeness (QED) is 0.575. The minimum Gasteiger partial charge on any atom is -0.363 e. The van der Waals surface area contributed by atoms with Crippen LogP contribution in [0.25, 0.3) is 22.3 Å². The van der Waals surface area contributed by atoms with Crippen molar-refractivity contribution in [2.24, 2.45) is 0 Å². The number of hydrogen-bond acceptors (Lipinski definition) is 5. The van der Waals surface area contributed by atoms with Crippen molar-refractivity contribution in [3.05, 3.63) is 84.2 Å². The Morgan fingerprint density at radius 1 is 0.963 bits per heavy atom. The standard InChI is InChI=1S/C22H17N5/c1-15(18-6-4-5-16(13-18)14-23)25-22-19-7-2-3-8-20(19)26-21(27-22)17-9-11-24-12-10-17/h2-13,15H,1H3,(H,25,26,27). The number of para-hydroxylation sites is 1. The number of fused-ring (bicyclic) bond motifs is 1. The highest BCUT2D eigenvalue weighted by Gasteiger charge is 2.13. The van der Waals surface area contributed by atoms with Gasteiger partial charge in [0.1, 0.15) is 5.82 Å². The van der Waals surface area contributed by atoms with E-state index in [0.717, 1.165) is 27.8 Å². The Hall–Kier alpha value is -3.78. The van der Waals surface area contributed by atoms with Gasteiger partial charge in [-0.2, -0.15) is 5.26 Å². The molecule has 0 radical (unpaired) electrons. The van der Waals surface area contributed by atoms with Gasteiger partial charge in [-0.05, 0) is 48.9 Å². The van der Waals surface area contributed by atoms with E-state index < -0.39 is 0 Å². The van der Waals surface area contributed by atoms with Gasteiger partial charge in [0.2, 0.25) is 0 Å². The third-order valence-corrected chi connectivity index (χ3v) is 4.41. The molecule has 27 heavy (non-hydrogen) atoms. The molecule has 2 aromatic heterocycles. The predicted molar refractivity (Wildman–Crippen MR) is 106 cm³/mol. The molecular formula is C22H17N5. The summed E-state index contributed by atoms with van der Waals surface area (Å²) >= 11 is 0. The van der Waals surface area contributed by atoms with Gasteiger partial charge in [0.15, 0.2) is 5.82 Å². The molecule has 0 spiro atoms. The first-order chi connectivity index (χ1) is 13.2. The fraction of sp³-hybridized carbons (Fsp3) is 0.0909. The Morgan fingerprint density at radius 2 is 1.78 bits per heavy atom. The Bertz CT molecular complexity index is 1130. The van der Waals surface area contributed by atoms with Crippen LogP contribution in [0.1, 0.15) is 24.1 Å². The second-order valence-electron chi connectivity index (χ2n) is 6.25. The summed E-state index contributed by atoms with van der Waals surface area (Å²) in [5, 5.41) is 13.6. The summed E-state index contributed by atoms with van der Waals surface area (Å²) in [4.78, 5) is 13.5. The Labute approximate surface area is 157 Å². The van der Waals surface area contributed by atoms with Gasteiger partial charge in [0.25, 0.3) is 0 Å². The summed E-state index contributed by atoms with van der Waals surface area (Å²) in [5.74, 6) is 1.42. The lowest BCUT2D eigenvalue weighted by atomic mass is 10.1. The lowest BCUT2D eigenvalue weighted by Gasteiger charge is -2.17. The first-order valence-electron chi connectivity index (χ1n) is 8.68. The van der Waals surface area contributed by atoms with Crippen LogP contribution in [-0.2, 0) is 0 Å². The summed E-state index contributed by atoms with van der Waals surface area (Å²) in [5.41, 5.74) is 3.46. The second kappa shape index (κ2) is 7.22. The highest BCUT2D eigenvalue weighted by atomic mass is 15.1. The van der Waals surface area contributed by atoms with E-state index in [0.29, 0.717) is 11.4 Å². The van der Waals surface area contributed by atoms with E-state index in [1.807, 2.05) is 54.6 Å². The van der Waals surface area contributed by atoms with Crippen molar-refractivity contribution in [2.75, 3.05) is 5.32 Å². The van der Waals surface area contributed by atoms with Crippen molar-refractivity contribution in [3.8, 4) is 17.5 Å². The van der Waals surface area contributed by atoms with Crippen LogP contribution in [0.4, 0.5) is 5.82 Å². The van der Waals surface area contributed by atoms with Crippen LogP contribution >= 0.6 is 0 Å². The molecule has 130 valence electrons. The monoisotopic (exact) mass is 351 g/mol. The number of pyridine rings is 1. The van der Waals surface area contributed by atoms with Crippen LogP contribution in [0.5, 0.6) is 0 Å². The van der Waals surface area contributed by atoms with Crippen LogP contribution in [0.2, 0.25) is 0 Å². The molecule has 2 aromatic carbocycles. The zero-order valence-electron chi connectivity index (χ0n) is 14.8. The Morgan fingerprint density at radius 3 is 2.59 bits per heavy atom. The zero-order valence-corrected chi connectivity index (χ0v) is 14.8. The van der Waals surface area contributed by atoms with Crippen molar-refractivity contribution < 1.29 is 0 Å². The summed E-state index contributed by atoms with van der Waals surface area (Å²) in [6, 6.07) is 21.5. The number of nitrogens with zero attached hydrogens (tertiary/aromatic N) is 4. The van der Waals surface area contributed by atoms with E-state index >= 15 is 0 Å². The van der Waals surface area contributed by atoms with Gasteiger partial charge < -0.3 is 5.32 Å². The van der Waals surface area contributed by atoms with Gasteiger partial charge >= 0.3 is 0 Å². The van der Waals surface area contributed by atoms with E-state index in [-0.39, 0.29) is 6.04 Å². The maximum absolute atomic E-state index is 9.14. The molecule has 0 amide bonds. The minimum absolute atomic E-state index is 0.0121.